The maximum atomic E-state index is 3.66. The molecule has 0 saturated carbocycles. The topological polar surface area (TPSA) is 18.5 Å². The standard InChI is InChI=1S/C16H35N3/c1-5-11-17-15(6-2)9-7-12-19-13-8-10-16(14-19)18(3)4/h15-17H,5-14H2,1-4H3. The highest BCUT2D eigenvalue weighted by molar-refractivity contribution is 4.78. The van der Waals surface area contributed by atoms with Gasteiger partial charge in [0.05, 0.1) is 0 Å². The van der Waals surface area contributed by atoms with Crippen LogP contribution in [0.15, 0.2) is 0 Å². The average Bonchev–Trinajstić information content (AvgIpc) is 2.43. The molecule has 0 aliphatic carbocycles. The van der Waals surface area contributed by atoms with Crippen molar-refractivity contribution < 1.29 is 0 Å². The number of nitrogens with one attached hydrogen (secondary N) is 1. The molecular formula is C16H35N3. The largest absolute Gasteiger partial charge is 0.314 e. The highest BCUT2D eigenvalue weighted by atomic mass is 15.2. The first kappa shape index (κ1) is 16.9. The van der Waals surface area contributed by atoms with Crippen LogP contribution >= 0.6 is 0 Å². The van der Waals surface area contributed by atoms with Crippen LogP contribution in [0.3, 0.4) is 0 Å². The summed E-state index contributed by atoms with van der Waals surface area (Å²) in [5, 5.41) is 3.66. The molecule has 2 atom stereocenters. The third-order valence-corrected chi connectivity index (χ3v) is 4.41. The van der Waals surface area contributed by atoms with E-state index in [1.807, 2.05) is 0 Å². The van der Waals surface area contributed by atoms with Gasteiger partial charge in [0.2, 0.25) is 0 Å². The van der Waals surface area contributed by atoms with Gasteiger partial charge in [-0.15, -0.1) is 0 Å². The summed E-state index contributed by atoms with van der Waals surface area (Å²) in [5.74, 6) is 0. The Bertz CT molecular complexity index is 218. The number of likely N-dealkylation sites (N-methyl/N-ethyl adjacent to an activating group) is 1. The molecule has 0 bridgehead atoms. The van der Waals surface area contributed by atoms with E-state index in [-0.39, 0.29) is 0 Å². The average molecular weight is 269 g/mol. The van der Waals surface area contributed by atoms with E-state index in [1.54, 1.807) is 0 Å². The minimum Gasteiger partial charge on any atom is -0.314 e. The minimum absolute atomic E-state index is 0.731. The van der Waals surface area contributed by atoms with Crippen molar-refractivity contribution in [1.82, 2.24) is 15.1 Å². The first-order valence-electron chi connectivity index (χ1n) is 8.29. The summed E-state index contributed by atoms with van der Waals surface area (Å²) in [4.78, 5) is 5.06. The molecule has 1 fully saturated rings. The lowest BCUT2D eigenvalue weighted by Crippen LogP contribution is -2.45. The number of rotatable bonds is 9. The van der Waals surface area contributed by atoms with Crippen LogP contribution in [0.25, 0.3) is 0 Å². The number of likely N-dealkylation sites (tertiary alicyclic amines) is 1. The van der Waals surface area contributed by atoms with Crippen molar-refractivity contribution in [3.63, 3.8) is 0 Å². The van der Waals surface area contributed by atoms with E-state index >= 15 is 0 Å². The van der Waals surface area contributed by atoms with Gasteiger partial charge in [-0.1, -0.05) is 13.8 Å². The summed E-state index contributed by atoms with van der Waals surface area (Å²) < 4.78 is 0. The SMILES string of the molecule is CCCNC(CC)CCCN1CCCC(N(C)C)C1. The monoisotopic (exact) mass is 269 g/mol. The normalized spacial score (nSPS) is 22.9. The van der Waals surface area contributed by atoms with E-state index in [2.05, 4.69) is 43.1 Å². The van der Waals surface area contributed by atoms with Crippen molar-refractivity contribution in [3.05, 3.63) is 0 Å². The zero-order valence-electron chi connectivity index (χ0n) is 13.6. The summed E-state index contributed by atoms with van der Waals surface area (Å²) >= 11 is 0. The van der Waals surface area contributed by atoms with Crippen LogP contribution in [-0.2, 0) is 0 Å². The van der Waals surface area contributed by atoms with Gasteiger partial charge >= 0.3 is 0 Å². The molecule has 3 heteroatoms. The Morgan fingerprint density at radius 1 is 1.32 bits per heavy atom. The summed E-state index contributed by atoms with van der Waals surface area (Å²) in [6, 6.07) is 1.50. The Kier molecular flexibility index (Phi) is 8.67. The minimum atomic E-state index is 0.731. The fourth-order valence-electron chi connectivity index (χ4n) is 3.02. The van der Waals surface area contributed by atoms with Crippen LogP contribution in [0.2, 0.25) is 0 Å². The molecule has 19 heavy (non-hydrogen) atoms. The molecule has 1 N–H and O–H groups in total. The number of piperidine rings is 1. The van der Waals surface area contributed by atoms with Gasteiger partial charge in [0.1, 0.15) is 0 Å². The first-order valence-corrected chi connectivity index (χ1v) is 8.29. The Balaban J connectivity index is 2.17. The second-order valence-electron chi connectivity index (χ2n) is 6.26. The van der Waals surface area contributed by atoms with Crippen molar-refractivity contribution >= 4 is 0 Å². The van der Waals surface area contributed by atoms with E-state index in [9.17, 15) is 0 Å². The smallest absolute Gasteiger partial charge is 0.0217 e. The van der Waals surface area contributed by atoms with E-state index in [0.717, 1.165) is 12.1 Å². The van der Waals surface area contributed by atoms with Gasteiger partial charge in [-0.3, -0.25) is 0 Å². The zero-order chi connectivity index (χ0) is 14.1. The maximum absolute atomic E-state index is 3.66. The predicted molar refractivity (Wildman–Crippen MR) is 84.8 cm³/mol. The quantitative estimate of drug-likeness (QED) is 0.694. The van der Waals surface area contributed by atoms with E-state index in [4.69, 9.17) is 0 Å². The second kappa shape index (κ2) is 9.73. The highest BCUT2D eigenvalue weighted by Gasteiger charge is 2.20. The lowest BCUT2D eigenvalue weighted by Gasteiger charge is -2.36. The van der Waals surface area contributed by atoms with Crippen LogP contribution in [0.1, 0.15) is 52.4 Å². The Labute approximate surface area is 120 Å². The summed E-state index contributed by atoms with van der Waals surface area (Å²) in [5.41, 5.74) is 0. The molecule has 1 saturated heterocycles. The van der Waals surface area contributed by atoms with Crippen molar-refractivity contribution in [2.75, 3.05) is 40.3 Å². The van der Waals surface area contributed by atoms with Crippen LogP contribution < -0.4 is 5.32 Å². The Hall–Kier alpha value is -0.120. The number of nitrogens with zero attached hydrogens (tertiary/aromatic N) is 2. The predicted octanol–water partition coefficient (Wildman–Crippen LogP) is 2.57. The van der Waals surface area contributed by atoms with Gasteiger partial charge in [-0.25, -0.2) is 0 Å². The van der Waals surface area contributed by atoms with Crippen molar-refractivity contribution in [1.29, 1.82) is 0 Å². The van der Waals surface area contributed by atoms with Crippen molar-refractivity contribution in [3.8, 4) is 0 Å². The lowest BCUT2D eigenvalue weighted by molar-refractivity contribution is 0.130. The lowest BCUT2D eigenvalue weighted by atomic mass is 10.0. The molecule has 1 rings (SSSR count). The highest BCUT2D eigenvalue weighted by Crippen LogP contribution is 2.14. The fourth-order valence-corrected chi connectivity index (χ4v) is 3.02. The summed E-state index contributed by atoms with van der Waals surface area (Å²) in [6.45, 7) is 9.58. The van der Waals surface area contributed by atoms with Gasteiger partial charge < -0.3 is 15.1 Å². The molecule has 0 aromatic heterocycles. The number of hydrogen-bond acceptors (Lipinski definition) is 3. The summed E-state index contributed by atoms with van der Waals surface area (Å²) in [7, 11) is 4.44. The van der Waals surface area contributed by atoms with Crippen LogP contribution in [0, 0.1) is 0 Å². The van der Waals surface area contributed by atoms with Gasteiger partial charge in [0, 0.05) is 18.6 Å². The molecule has 0 spiro atoms. The van der Waals surface area contributed by atoms with Gasteiger partial charge in [-0.2, -0.15) is 0 Å². The molecule has 3 nitrogen and oxygen atoms in total. The molecule has 1 aliphatic rings. The molecule has 114 valence electrons. The van der Waals surface area contributed by atoms with Gasteiger partial charge in [-0.05, 0) is 72.3 Å². The van der Waals surface area contributed by atoms with E-state index < -0.39 is 0 Å². The Morgan fingerprint density at radius 3 is 2.74 bits per heavy atom. The van der Waals surface area contributed by atoms with Crippen LogP contribution in [0.4, 0.5) is 0 Å². The van der Waals surface area contributed by atoms with Gasteiger partial charge in [0.15, 0.2) is 0 Å². The molecule has 0 radical (unpaired) electrons. The second-order valence-corrected chi connectivity index (χ2v) is 6.26. The van der Waals surface area contributed by atoms with Crippen molar-refractivity contribution in [2.24, 2.45) is 0 Å². The molecule has 1 aliphatic heterocycles. The molecule has 1 heterocycles. The summed E-state index contributed by atoms with van der Waals surface area (Å²) in [6.07, 6.45) is 7.93. The van der Waals surface area contributed by atoms with Crippen molar-refractivity contribution in [2.45, 2.75) is 64.5 Å². The third-order valence-electron chi connectivity index (χ3n) is 4.41. The van der Waals surface area contributed by atoms with Crippen LogP contribution in [0.5, 0.6) is 0 Å². The fraction of sp³-hybridized carbons (Fsp3) is 1.00. The van der Waals surface area contributed by atoms with E-state index in [0.29, 0.717) is 0 Å². The third kappa shape index (κ3) is 6.73. The Morgan fingerprint density at radius 2 is 2.11 bits per heavy atom. The molecular weight excluding hydrogens is 234 g/mol. The molecule has 0 aromatic carbocycles. The van der Waals surface area contributed by atoms with Gasteiger partial charge in [0.25, 0.3) is 0 Å². The van der Waals surface area contributed by atoms with Crippen LogP contribution in [-0.4, -0.2) is 62.2 Å². The van der Waals surface area contributed by atoms with E-state index in [1.165, 1.54) is 64.7 Å². The molecule has 0 aromatic rings. The maximum Gasteiger partial charge on any atom is 0.0217 e. The number of hydrogen-bond donors (Lipinski definition) is 1. The zero-order valence-corrected chi connectivity index (χ0v) is 13.6. The molecule has 0 amide bonds. The molecule has 2 unspecified atom stereocenters. The first-order chi connectivity index (χ1) is 9.17.